The van der Waals surface area contributed by atoms with Crippen LogP contribution in [0.2, 0.25) is 0 Å². The van der Waals surface area contributed by atoms with Gasteiger partial charge in [-0.1, -0.05) is 31.0 Å². The fraction of sp³-hybridized carbons (Fsp3) is 0.600. The molecule has 18 heavy (non-hydrogen) atoms. The molecule has 1 aliphatic carbocycles. The highest BCUT2D eigenvalue weighted by molar-refractivity contribution is 6.24. The van der Waals surface area contributed by atoms with E-state index in [4.69, 9.17) is 11.6 Å². The van der Waals surface area contributed by atoms with Crippen molar-refractivity contribution in [3.05, 3.63) is 29.8 Å². The summed E-state index contributed by atoms with van der Waals surface area (Å²) < 4.78 is 0. The summed E-state index contributed by atoms with van der Waals surface area (Å²) in [5.41, 5.74) is 0.901. The van der Waals surface area contributed by atoms with E-state index in [0.29, 0.717) is 11.7 Å². The Bertz CT molecular complexity index is 407. The molecule has 0 spiro atoms. The molecule has 1 aromatic carbocycles. The Morgan fingerprint density at radius 1 is 1.33 bits per heavy atom. The molecule has 0 bridgehead atoms. The second-order valence-electron chi connectivity index (χ2n) is 5.58. The quantitative estimate of drug-likeness (QED) is 0.847. The van der Waals surface area contributed by atoms with E-state index in [1.807, 2.05) is 18.2 Å². The van der Waals surface area contributed by atoms with Gasteiger partial charge in [0.05, 0.1) is 4.87 Å². The Morgan fingerprint density at radius 3 is 2.72 bits per heavy atom. The van der Waals surface area contributed by atoms with Gasteiger partial charge in [-0.25, -0.2) is 0 Å². The molecule has 1 aromatic rings. The Kier molecular flexibility index (Phi) is 4.18. The third kappa shape index (κ3) is 2.65. The second kappa shape index (κ2) is 5.50. The molecule has 2 rings (SSSR count). The lowest BCUT2D eigenvalue weighted by molar-refractivity contribution is 0.204. The van der Waals surface area contributed by atoms with Gasteiger partial charge in [-0.15, -0.1) is 11.6 Å². The maximum Gasteiger partial charge on any atom is 0.120 e. The van der Waals surface area contributed by atoms with E-state index < -0.39 is 4.87 Å². The summed E-state index contributed by atoms with van der Waals surface area (Å²) in [6.07, 6.45) is 4.46. The van der Waals surface area contributed by atoms with Crippen LogP contribution in [0.3, 0.4) is 0 Å². The van der Waals surface area contributed by atoms with Crippen molar-refractivity contribution >= 4 is 11.6 Å². The standard InChI is InChI=1S/C15H22ClNO/c1-17(2)11-12-7-5-6-10-15(12,16)13-8-3-4-9-14(13)18/h3-4,8-9,12,18H,5-7,10-11H2,1-2H3/t12-,15-/m0/s1. The first-order valence-electron chi connectivity index (χ1n) is 6.66. The monoisotopic (exact) mass is 267 g/mol. The fourth-order valence-corrected chi connectivity index (χ4v) is 3.53. The number of nitrogens with zero attached hydrogens (tertiary/aromatic N) is 1. The molecular formula is C15H22ClNO. The van der Waals surface area contributed by atoms with Gasteiger partial charge in [0.2, 0.25) is 0 Å². The smallest absolute Gasteiger partial charge is 0.120 e. The average molecular weight is 268 g/mol. The minimum atomic E-state index is -0.409. The van der Waals surface area contributed by atoms with E-state index in [1.165, 1.54) is 6.42 Å². The summed E-state index contributed by atoms with van der Waals surface area (Å²) in [5.74, 6) is 0.731. The van der Waals surface area contributed by atoms with Crippen LogP contribution in [0, 0.1) is 5.92 Å². The van der Waals surface area contributed by atoms with Crippen molar-refractivity contribution in [1.29, 1.82) is 0 Å². The minimum absolute atomic E-state index is 0.332. The maximum absolute atomic E-state index is 10.1. The largest absolute Gasteiger partial charge is 0.508 e. The van der Waals surface area contributed by atoms with Gasteiger partial charge >= 0.3 is 0 Å². The fourth-order valence-electron chi connectivity index (χ4n) is 3.06. The average Bonchev–Trinajstić information content (AvgIpc) is 2.32. The number of benzene rings is 1. The van der Waals surface area contributed by atoms with Crippen LogP contribution in [0.5, 0.6) is 5.75 Å². The number of halogens is 1. The first-order chi connectivity index (χ1) is 8.54. The van der Waals surface area contributed by atoms with Crippen LogP contribution in [-0.2, 0) is 4.87 Å². The van der Waals surface area contributed by atoms with Crippen molar-refractivity contribution in [2.24, 2.45) is 5.92 Å². The first kappa shape index (κ1) is 13.7. The van der Waals surface area contributed by atoms with Crippen molar-refractivity contribution < 1.29 is 5.11 Å². The van der Waals surface area contributed by atoms with Crippen LogP contribution < -0.4 is 0 Å². The van der Waals surface area contributed by atoms with E-state index in [2.05, 4.69) is 19.0 Å². The zero-order chi connectivity index (χ0) is 13.2. The van der Waals surface area contributed by atoms with E-state index >= 15 is 0 Å². The third-order valence-corrected chi connectivity index (χ3v) is 4.63. The zero-order valence-electron chi connectivity index (χ0n) is 11.2. The van der Waals surface area contributed by atoms with Crippen molar-refractivity contribution in [2.75, 3.05) is 20.6 Å². The lowest BCUT2D eigenvalue weighted by atomic mass is 9.74. The van der Waals surface area contributed by atoms with Crippen molar-refractivity contribution in [3.8, 4) is 5.75 Å². The highest BCUT2D eigenvalue weighted by atomic mass is 35.5. The summed E-state index contributed by atoms with van der Waals surface area (Å²) in [4.78, 5) is 1.78. The van der Waals surface area contributed by atoms with Crippen LogP contribution in [-0.4, -0.2) is 30.6 Å². The summed E-state index contributed by atoms with van der Waals surface area (Å²) in [7, 11) is 4.16. The lowest BCUT2D eigenvalue weighted by Crippen LogP contribution is -2.39. The van der Waals surface area contributed by atoms with Crippen molar-refractivity contribution in [2.45, 2.75) is 30.6 Å². The molecular weight excluding hydrogens is 246 g/mol. The van der Waals surface area contributed by atoms with Crippen LogP contribution >= 0.6 is 11.6 Å². The molecule has 2 atom stereocenters. The number of alkyl halides is 1. The van der Waals surface area contributed by atoms with Crippen LogP contribution in [0.15, 0.2) is 24.3 Å². The summed E-state index contributed by atoms with van der Waals surface area (Å²) in [5, 5.41) is 10.1. The van der Waals surface area contributed by atoms with Gasteiger partial charge in [0, 0.05) is 12.1 Å². The number of hydrogen-bond acceptors (Lipinski definition) is 2. The Hall–Kier alpha value is -0.730. The van der Waals surface area contributed by atoms with Crippen LogP contribution in [0.25, 0.3) is 0 Å². The van der Waals surface area contributed by atoms with Gasteiger partial charge in [-0.2, -0.15) is 0 Å². The molecule has 1 saturated carbocycles. The molecule has 1 fully saturated rings. The molecule has 0 heterocycles. The number of aromatic hydroxyl groups is 1. The Morgan fingerprint density at radius 2 is 2.06 bits per heavy atom. The second-order valence-corrected chi connectivity index (χ2v) is 6.26. The topological polar surface area (TPSA) is 23.5 Å². The van der Waals surface area contributed by atoms with Crippen LogP contribution in [0.4, 0.5) is 0 Å². The molecule has 0 saturated heterocycles. The molecule has 1 N–H and O–H groups in total. The number of phenolic OH excluding ortho intramolecular Hbond substituents is 1. The van der Waals surface area contributed by atoms with Gasteiger partial charge in [0.25, 0.3) is 0 Å². The van der Waals surface area contributed by atoms with Gasteiger partial charge in [-0.05, 0) is 38.9 Å². The van der Waals surface area contributed by atoms with Crippen LogP contribution in [0.1, 0.15) is 31.2 Å². The van der Waals surface area contributed by atoms with Gasteiger partial charge < -0.3 is 10.0 Å². The predicted molar refractivity (Wildman–Crippen MR) is 76.1 cm³/mol. The molecule has 1 aliphatic rings. The molecule has 100 valence electrons. The van der Waals surface area contributed by atoms with E-state index in [-0.39, 0.29) is 0 Å². The maximum atomic E-state index is 10.1. The minimum Gasteiger partial charge on any atom is -0.508 e. The molecule has 0 unspecified atom stereocenters. The number of rotatable bonds is 3. The number of hydrogen-bond donors (Lipinski definition) is 1. The number of phenols is 1. The van der Waals surface area contributed by atoms with E-state index in [9.17, 15) is 5.11 Å². The SMILES string of the molecule is CN(C)C[C@@H]1CCCC[C@@]1(Cl)c1ccccc1O. The van der Waals surface area contributed by atoms with E-state index in [0.717, 1.165) is 31.4 Å². The summed E-state index contributed by atoms with van der Waals surface area (Å²) >= 11 is 6.93. The van der Waals surface area contributed by atoms with Gasteiger partial charge in [0.1, 0.15) is 5.75 Å². The van der Waals surface area contributed by atoms with Gasteiger partial charge in [-0.3, -0.25) is 0 Å². The highest BCUT2D eigenvalue weighted by Gasteiger charge is 2.42. The number of para-hydroxylation sites is 1. The Balaban J connectivity index is 2.33. The molecule has 0 aromatic heterocycles. The van der Waals surface area contributed by atoms with Crippen molar-refractivity contribution in [3.63, 3.8) is 0 Å². The Labute approximate surface area is 115 Å². The molecule has 0 aliphatic heterocycles. The third-order valence-electron chi connectivity index (χ3n) is 3.93. The van der Waals surface area contributed by atoms with Gasteiger partial charge in [0.15, 0.2) is 0 Å². The molecule has 2 nitrogen and oxygen atoms in total. The predicted octanol–water partition coefficient (Wildman–Crippen LogP) is 3.58. The first-order valence-corrected chi connectivity index (χ1v) is 7.04. The summed E-state index contributed by atoms with van der Waals surface area (Å²) in [6, 6.07) is 7.51. The molecule has 0 radical (unpaired) electrons. The normalized spacial score (nSPS) is 28.6. The molecule has 0 amide bonds. The van der Waals surface area contributed by atoms with E-state index in [1.54, 1.807) is 6.07 Å². The lowest BCUT2D eigenvalue weighted by Gasteiger charge is -2.41. The van der Waals surface area contributed by atoms with Crippen molar-refractivity contribution in [1.82, 2.24) is 4.90 Å². The summed E-state index contributed by atoms with van der Waals surface area (Å²) in [6.45, 7) is 0.970. The highest BCUT2D eigenvalue weighted by Crippen LogP contribution is 2.49. The zero-order valence-corrected chi connectivity index (χ0v) is 12.0. The molecule has 3 heteroatoms.